The van der Waals surface area contributed by atoms with Gasteiger partial charge in [0.15, 0.2) is 0 Å². The van der Waals surface area contributed by atoms with Crippen molar-refractivity contribution in [1.29, 1.82) is 0 Å². The van der Waals surface area contributed by atoms with Crippen LogP contribution in [0.2, 0.25) is 0 Å². The molecule has 2 aromatic rings. The summed E-state index contributed by atoms with van der Waals surface area (Å²) in [6.45, 7) is 0.0355. The van der Waals surface area contributed by atoms with E-state index in [0.29, 0.717) is 17.5 Å². The molecule has 154 valence electrons. The van der Waals surface area contributed by atoms with Crippen molar-refractivity contribution in [3.8, 4) is 0 Å². The number of hydrogen-bond acceptors (Lipinski definition) is 2. The van der Waals surface area contributed by atoms with Gasteiger partial charge in [-0.2, -0.15) is 13.2 Å². The van der Waals surface area contributed by atoms with Crippen LogP contribution in [0.25, 0.3) is 0 Å². The number of hydrogen-bond donors (Lipinski definition) is 1. The highest BCUT2D eigenvalue weighted by atomic mass is 19.4. The number of benzene rings is 2. The number of nitrogens with one attached hydrogen (secondary N) is 1. The standard InChI is InChI=1S/C21H20F4N2O2/c22-18-7-2-1-5-15(18)12-26-19(28)11-17-8-9-20(29)27(17)13-14-4-3-6-16(10-14)21(23,24)25/h1-7,10,17H,8-9,11-13H2,(H,26,28). The lowest BCUT2D eigenvalue weighted by atomic mass is 10.1. The van der Waals surface area contributed by atoms with Gasteiger partial charge in [-0.25, -0.2) is 4.39 Å². The Morgan fingerprint density at radius 3 is 2.62 bits per heavy atom. The summed E-state index contributed by atoms with van der Waals surface area (Å²) in [6.07, 6.45) is -3.76. The minimum absolute atomic E-state index is 0.00795. The molecule has 3 rings (SSSR count). The minimum Gasteiger partial charge on any atom is -0.352 e. The van der Waals surface area contributed by atoms with Crippen LogP contribution < -0.4 is 5.32 Å². The van der Waals surface area contributed by atoms with Gasteiger partial charge in [-0.05, 0) is 30.2 Å². The van der Waals surface area contributed by atoms with Crippen LogP contribution in [0.4, 0.5) is 17.6 Å². The Bertz CT molecular complexity index is 898. The molecule has 0 radical (unpaired) electrons. The van der Waals surface area contributed by atoms with E-state index < -0.39 is 23.6 Å². The fraction of sp³-hybridized carbons (Fsp3) is 0.333. The highest BCUT2D eigenvalue weighted by Crippen LogP contribution is 2.31. The second-order valence-electron chi connectivity index (χ2n) is 6.98. The fourth-order valence-corrected chi connectivity index (χ4v) is 3.39. The van der Waals surface area contributed by atoms with Gasteiger partial charge in [-0.1, -0.05) is 30.3 Å². The molecule has 0 bridgehead atoms. The predicted molar refractivity (Wildman–Crippen MR) is 97.9 cm³/mol. The van der Waals surface area contributed by atoms with Gasteiger partial charge in [-0.3, -0.25) is 9.59 Å². The largest absolute Gasteiger partial charge is 0.416 e. The van der Waals surface area contributed by atoms with E-state index in [-0.39, 0.29) is 37.7 Å². The summed E-state index contributed by atoms with van der Waals surface area (Å²) in [7, 11) is 0. The van der Waals surface area contributed by atoms with E-state index in [1.54, 1.807) is 18.2 Å². The van der Waals surface area contributed by atoms with Gasteiger partial charge in [0.1, 0.15) is 5.82 Å². The number of rotatable bonds is 6. The molecular weight excluding hydrogens is 388 g/mol. The van der Waals surface area contributed by atoms with Crippen LogP contribution in [-0.2, 0) is 28.9 Å². The smallest absolute Gasteiger partial charge is 0.352 e. The molecule has 1 saturated heterocycles. The number of halogens is 4. The molecule has 1 unspecified atom stereocenters. The van der Waals surface area contributed by atoms with Crippen LogP contribution in [0.15, 0.2) is 48.5 Å². The Labute approximate surface area is 165 Å². The molecule has 2 amide bonds. The van der Waals surface area contributed by atoms with Crippen molar-refractivity contribution >= 4 is 11.8 Å². The third-order valence-corrected chi connectivity index (χ3v) is 4.91. The Balaban J connectivity index is 1.62. The zero-order valence-electron chi connectivity index (χ0n) is 15.5. The first-order chi connectivity index (χ1) is 13.7. The first-order valence-electron chi connectivity index (χ1n) is 9.20. The van der Waals surface area contributed by atoms with E-state index in [1.807, 2.05) is 0 Å². The molecule has 0 aromatic heterocycles. The molecule has 0 saturated carbocycles. The lowest BCUT2D eigenvalue weighted by molar-refractivity contribution is -0.137. The molecule has 0 aliphatic carbocycles. The average molecular weight is 408 g/mol. The van der Waals surface area contributed by atoms with Crippen LogP contribution in [0, 0.1) is 5.82 Å². The molecule has 1 N–H and O–H groups in total. The maximum Gasteiger partial charge on any atom is 0.416 e. The van der Waals surface area contributed by atoms with Gasteiger partial charge in [-0.15, -0.1) is 0 Å². The fourth-order valence-electron chi connectivity index (χ4n) is 3.39. The van der Waals surface area contributed by atoms with E-state index >= 15 is 0 Å². The van der Waals surface area contributed by atoms with Gasteiger partial charge in [0.25, 0.3) is 0 Å². The van der Waals surface area contributed by atoms with Crippen molar-refractivity contribution < 1.29 is 27.2 Å². The first-order valence-corrected chi connectivity index (χ1v) is 9.20. The van der Waals surface area contributed by atoms with E-state index in [1.165, 1.54) is 23.1 Å². The van der Waals surface area contributed by atoms with Gasteiger partial charge in [0.05, 0.1) is 5.56 Å². The molecular formula is C21H20F4N2O2. The molecule has 0 spiro atoms. The summed E-state index contributed by atoms with van der Waals surface area (Å²) < 4.78 is 52.3. The number of nitrogens with zero attached hydrogens (tertiary/aromatic N) is 1. The third kappa shape index (κ3) is 5.34. The Kier molecular flexibility index (Phi) is 6.20. The highest BCUT2D eigenvalue weighted by molar-refractivity contribution is 5.82. The molecule has 29 heavy (non-hydrogen) atoms. The molecule has 2 aromatic carbocycles. The molecule has 1 aliphatic heterocycles. The van der Waals surface area contributed by atoms with Gasteiger partial charge < -0.3 is 10.2 Å². The molecule has 1 atom stereocenters. The van der Waals surface area contributed by atoms with Crippen LogP contribution in [-0.4, -0.2) is 22.8 Å². The molecule has 1 aliphatic rings. The summed E-state index contributed by atoms with van der Waals surface area (Å²) in [5, 5.41) is 2.63. The molecule has 1 fully saturated rings. The van der Waals surface area contributed by atoms with Crippen molar-refractivity contribution in [2.75, 3.05) is 0 Å². The van der Waals surface area contributed by atoms with Gasteiger partial charge in [0.2, 0.25) is 11.8 Å². The summed E-state index contributed by atoms with van der Waals surface area (Å²) in [6, 6.07) is 10.5. The van der Waals surface area contributed by atoms with E-state index in [4.69, 9.17) is 0 Å². The van der Waals surface area contributed by atoms with Crippen LogP contribution >= 0.6 is 0 Å². The Hall–Kier alpha value is -2.90. The molecule has 1 heterocycles. The predicted octanol–water partition coefficient (Wildman–Crippen LogP) is 4.04. The molecule has 8 heteroatoms. The van der Waals surface area contributed by atoms with Crippen molar-refractivity contribution in [2.24, 2.45) is 0 Å². The van der Waals surface area contributed by atoms with E-state index in [0.717, 1.165) is 12.1 Å². The zero-order valence-corrected chi connectivity index (χ0v) is 15.5. The number of likely N-dealkylation sites (tertiary alicyclic amines) is 1. The molecule has 4 nitrogen and oxygen atoms in total. The Morgan fingerprint density at radius 1 is 1.14 bits per heavy atom. The minimum atomic E-state index is -4.46. The summed E-state index contributed by atoms with van der Waals surface area (Å²) in [5.41, 5.74) is -0.0724. The van der Waals surface area contributed by atoms with E-state index in [2.05, 4.69) is 5.32 Å². The van der Waals surface area contributed by atoms with Gasteiger partial charge in [0, 0.05) is 37.5 Å². The maximum atomic E-state index is 13.6. The first kappa shape index (κ1) is 20.8. The SMILES string of the molecule is O=C(CC1CCC(=O)N1Cc1cccc(C(F)(F)F)c1)NCc1ccccc1F. The van der Waals surface area contributed by atoms with Crippen LogP contribution in [0.3, 0.4) is 0 Å². The quantitative estimate of drug-likeness (QED) is 0.734. The normalized spacial score (nSPS) is 16.9. The second kappa shape index (κ2) is 8.63. The monoisotopic (exact) mass is 408 g/mol. The van der Waals surface area contributed by atoms with E-state index in [9.17, 15) is 27.2 Å². The zero-order chi connectivity index (χ0) is 21.0. The number of amides is 2. The maximum absolute atomic E-state index is 13.6. The van der Waals surface area contributed by atoms with Crippen LogP contribution in [0.5, 0.6) is 0 Å². The highest BCUT2D eigenvalue weighted by Gasteiger charge is 2.34. The third-order valence-electron chi connectivity index (χ3n) is 4.91. The lowest BCUT2D eigenvalue weighted by Crippen LogP contribution is -2.37. The van der Waals surface area contributed by atoms with Crippen molar-refractivity contribution in [3.63, 3.8) is 0 Å². The van der Waals surface area contributed by atoms with Crippen molar-refractivity contribution in [3.05, 3.63) is 71.0 Å². The average Bonchev–Trinajstić information content (AvgIpc) is 3.00. The topological polar surface area (TPSA) is 49.4 Å². The van der Waals surface area contributed by atoms with Crippen LogP contribution in [0.1, 0.15) is 36.0 Å². The van der Waals surface area contributed by atoms with Gasteiger partial charge >= 0.3 is 6.18 Å². The number of carbonyl (C=O) groups excluding carboxylic acids is 2. The summed E-state index contributed by atoms with van der Waals surface area (Å²) >= 11 is 0. The summed E-state index contributed by atoms with van der Waals surface area (Å²) in [5.74, 6) is -0.966. The summed E-state index contributed by atoms with van der Waals surface area (Å²) in [4.78, 5) is 25.9. The number of alkyl halides is 3. The van der Waals surface area contributed by atoms with Crippen molar-refractivity contribution in [1.82, 2.24) is 10.2 Å². The number of carbonyl (C=O) groups is 2. The second-order valence-corrected chi connectivity index (χ2v) is 6.98. The lowest BCUT2D eigenvalue weighted by Gasteiger charge is -2.25. The van der Waals surface area contributed by atoms with Crippen molar-refractivity contribution in [2.45, 2.75) is 44.6 Å². The Morgan fingerprint density at radius 2 is 1.90 bits per heavy atom.